The van der Waals surface area contributed by atoms with Crippen LogP contribution in [0.5, 0.6) is 0 Å². The van der Waals surface area contributed by atoms with Crippen LogP contribution in [0.15, 0.2) is 59.7 Å². The molecule has 0 atom stereocenters. The average molecular weight is 380 g/mol. The summed E-state index contributed by atoms with van der Waals surface area (Å²) in [6, 6.07) is 17.5. The van der Waals surface area contributed by atoms with E-state index in [1.165, 1.54) is 0 Å². The number of amides is 1. The first-order valence-electron chi connectivity index (χ1n) is 8.77. The molecule has 1 amide bonds. The molecule has 0 spiro atoms. The lowest BCUT2D eigenvalue weighted by Crippen LogP contribution is -2.19. The fourth-order valence-electron chi connectivity index (χ4n) is 3.12. The lowest BCUT2D eigenvalue weighted by Gasteiger charge is -2.13. The van der Waals surface area contributed by atoms with Gasteiger partial charge in [0.05, 0.1) is 12.6 Å². The van der Waals surface area contributed by atoms with Crippen molar-refractivity contribution in [2.45, 2.75) is 27.2 Å². The smallest absolute Gasteiger partial charge is 0.244 e. The fourth-order valence-corrected chi connectivity index (χ4v) is 3.29. The average Bonchev–Trinajstić information content (AvgIpc) is 2.92. The van der Waals surface area contributed by atoms with Gasteiger partial charge < -0.3 is 4.57 Å². The number of hydrogen-bond donors (Lipinski definition) is 1. The highest BCUT2D eigenvalue weighted by molar-refractivity contribution is 6.31. The van der Waals surface area contributed by atoms with Gasteiger partial charge in [-0.15, -0.1) is 0 Å². The Labute approximate surface area is 164 Å². The Bertz CT molecular complexity index is 990. The van der Waals surface area contributed by atoms with Gasteiger partial charge in [-0.05, 0) is 50.1 Å². The predicted molar refractivity (Wildman–Crippen MR) is 111 cm³/mol. The number of aryl methyl sites for hydroxylation is 1. The second kappa shape index (κ2) is 8.23. The number of hydrogen-bond acceptors (Lipinski definition) is 2. The molecule has 0 bridgehead atoms. The third-order valence-corrected chi connectivity index (χ3v) is 4.96. The molecule has 2 aromatic carbocycles. The SMILES string of the molecule is Cc1c(Cl)cccc1-n1c(C)cc(/C=N/NC(=O)Cc2ccccc2)c1C. The van der Waals surface area contributed by atoms with Crippen LogP contribution >= 0.6 is 11.6 Å². The van der Waals surface area contributed by atoms with Crippen molar-refractivity contribution in [3.8, 4) is 5.69 Å². The van der Waals surface area contributed by atoms with E-state index in [4.69, 9.17) is 11.6 Å². The van der Waals surface area contributed by atoms with Crippen LogP contribution in [0.3, 0.4) is 0 Å². The Morgan fingerprint density at radius 2 is 1.85 bits per heavy atom. The number of carbonyl (C=O) groups is 1. The first kappa shape index (κ1) is 18.9. The standard InChI is InChI=1S/C22H22ClN3O/c1-15-12-19(14-24-25-22(27)13-18-8-5-4-6-9-18)17(3)26(15)21-11-7-10-20(23)16(21)2/h4-12,14H,13H2,1-3H3,(H,25,27)/b24-14+. The minimum absolute atomic E-state index is 0.142. The number of aromatic nitrogens is 1. The molecule has 1 heterocycles. The Balaban J connectivity index is 1.76. The van der Waals surface area contributed by atoms with Gasteiger partial charge in [-0.3, -0.25) is 4.79 Å². The van der Waals surface area contributed by atoms with Gasteiger partial charge in [-0.2, -0.15) is 5.10 Å². The second-order valence-electron chi connectivity index (χ2n) is 6.50. The molecule has 0 aliphatic rings. The van der Waals surface area contributed by atoms with Gasteiger partial charge in [-0.1, -0.05) is 48.0 Å². The molecule has 0 aliphatic heterocycles. The summed E-state index contributed by atoms with van der Waals surface area (Å²) in [6.45, 7) is 6.08. The first-order chi connectivity index (χ1) is 13.0. The zero-order chi connectivity index (χ0) is 19.4. The number of hydrazone groups is 1. The number of halogens is 1. The summed E-state index contributed by atoms with van der Waals surface area (Å²) in [6.07, 6.45) is 1.99. The molecular formula is C22H22ClN3O. The maximum absolute atomic E-state index is 12.0. The van der Waals surface area contributed by atoms with Crippen LogP contribution in [0.1, 0.15) is 28.1 Å². The van der Waals surface area contributed by atoms with E-state index in [1.54, 1.807) is 6.21 Å². The molecule has 0 unspecified atom stereocenters. The molecule has 5 heteroatoms. The highest BCUT2D eigenvalue weighted by Crippen LogP contribution is 2.26. The van der Waals surface area contributed by atoms with Crippen LogP contribution in [-0.4, -0.2) is 16.7 Å². The van der Waals surface area contributed by atoms with Gasteiger partial charge in [0.1, 0.15) is 0 Å². The number of rotatable bonds is 5. The number of nitrogens with zero attached hydrogens (tertiary/aromatic N) is 2. The van der Waals surface area contributed by atoms with Crippen LogP contribution in [0.25, 0.3) is 5.69 Å². The third-order valence-electron chi connectivity index (χ3n) is 4.55. The van der Waals surface area contributed by atoms with E-state index >= 15 is 0 Å². The maximum atomic E-state index is 12.0. The minimum atomic E-state index is -0.142. The fraction of sp³-hybridized carbons (Fsp3) is 0.182. The lowest BCUT2D eigenvalue weighted by atomic mass is 10.1. The molecule has 4 nitrogen and oxygen atoms in total. The van der Waals surface area contributed by atoms with E-state index in [2.05, 4.69) is 15.1 Å². The number of carbonyl (C=O) groups excluding carboxylic acids is 1. The Morgan fingerprint density at radius 3 is 2.59 bits per heavy atom. The number of nitrogens with one attached hydrogen (secondary N) is 1. The molecule has 0 saturated heterocycles. The summed E-state index contributed by atoms with van der Waals surface area (Å²) < 4.78 is 2.15. The first-order valence-corrected chi connectivity index (χ1v) is 9.15. The van der Waals surface area contributed by atoms with Gasteiger partial charge in [-0.25, -0.2) is 5.43 Å². The molecule has 1 aromatic heterocycles. The topological polar surface area (TPSA) is 46.4 Å². The van der Waals surface area contributed by atoms with E-state index in [0.717, 1.165) is 38.8 Å². The van der Waals surface area contributed by atoms with Crippen molar-refractivity contribution in [3.05, 3.63) is 87.7 Å². The molecule has 138 valence electrons. The monoisotopic (exact) mass is 379 g/mol. The largest absolute Gasteiger partial charge is 0.318 e. The second-order valence-corrected chi connectivity index (χ2v) is 6.91. The van der Waals surface area contributed by atoms with Crippen molar-refractivity contribution in [1.29, 1.82) is 0 Å². The zero-order valence-corrected chi connectivity index (χ0v) is 16.4. The molecule has 0 aliphatic carbocycles. The summed E-state index contributed by atoms with van der Waals surface area (Å²) in [5.74, 6) is -0.142. The summed E-state index contributed by atoms with van der Waals surface area (Å²) in [5, 5.41) is 4.86. The number of benzene rings is 2. The van der Waals surface area contributed by atoms with Crippen molar-refractivity contribution in [1.82, 2.24) is 9.99 Å². The molecule has 3 aromatic rings. The van der Waals surface area contributed by atoms with Gasteiger partial charge >= 0.3 is 0 Å². The molecule has 0 saturated carbocycles. The third kappa shape index (κ3) is 4.29. The van der Waals surface area contributed by atoms with Gasteiger partial charge in [0.2, 0.25) is 5.91 Å². The van der Waals surface area contributed by atoms with Crippen molar-refractivity contribution in [2.75, 3.05) is 0 Å². The van der Waals surface area contributed by atoms with Crippen LogP contribution in [0, 0.1) is 20.8 Å². The van der Waals surface area contributed by atoms with Gasteiger partial charge in [0.25, 0.3) is 0 Å². The van der Waals surface area contributed by atoms with E-state index in [9.17, 15) is 4.79 Å². The van der Waals surface area contributed by atoms with Crippen LogP contribution < -0.4 is 5.43 Å². The zero-order valence-electron chi connectivity index (χ0n) is 15.7. The normalized spacial score (nSPS) is 11.1. The van der Waals surface area contributed by atoms with Gasteiger partial charge in [0, 0.05) is 27.7 Å². The maximum Gasteiger partial charge on any atom is 0.244 e. The van der Waals surface area contributed by atoms with E-state index in [1.807, 2.05) is 75.4 Å². The van der Waals surface area contributed by atoms with Crippen LogP contribution in [0.4, 0.5) is 0 Å². The summed E-state index contributed by atoms with van der Waals surface area (Å²) in [4.78, 5) is 12.0. The summed E-state index contributed by atoms with van der Waals surface area (Å²) >= 11 is 6.27. The van der Waals surface area contributed by atoms with Gasteiger partial charge in [0.15, 0.2) is 0 Å². The minimum Gasteiger partial charge on any atom is -0.318 e. The Kier molecular flexibility index (Phi) is 5.77. The highest BCUT2D eigenvalue weighted by atomic mass is 35.5. The molecule has 3 rings (SSSR count). The molecule has 0 radical (unpaired) electrons. The lowest BCUT2D eigenvalue weighted by molar-refractivity contribution is -0.120. The molecule has 27 heavy (non-hydrogen) atoms. The van der Waals surface area contributed by atoms with Crippen molar-refractivity contribution in [3.63, 3.8) is 0 Å². The summed E-state index contributed by atoms with van der Waals surface area (Å²) in [5.41, 5.74) is 8.70. The predicted octanol–water partition coefficient (Wildman–Crippen LogP) is 4.75. The van der Waals surface area contributed by atoms with E-state index in [-0.39, 0.29) is 5.91 Å². The van der Waals surface area contributed by atoms with Crippen LogP contribution in [-0.2, 0) is 11.2 Å². The van der Waals surface area contributed by atoms with E-state index in [0.29, 0.717) is 6.42 Å². The summed E-state index contributed by atoms with van der Waals surface area (Å²) in [7, 11) is 0. The Morgan fingerprint density at radius 1 is 1.11 bits per heavy atom. The quantitative estimate of drug-likeness (QED) is 0.504. The van der Waals surface area contributed by atoms with Crippen molar-refractivity contribution >= 4 is 23.7 Å². The molecule has 0 fully saturated rings. The van der Waals surface area contributed by atoms with Crippen molar-refractivity contribution in [2.24, 2.45) is 5.10 Å². The van der Waals surface area contributed by atoms with E-state index < -0.39 is 0 Å². The Hall–Kier alpha value is -2.85. The highest BCUT2D eigenvalue weighted by Gasteiger charge is 2.12. The van der Waals surface area contributed by atoms with Crippen LogP contribution in [0.2, 0.25) is 5.02 Å². The molecule has 1 N–H and O–H groups in total. The molecular weight excluding hydrogens is 358 g/mol. The van der Waals surface area contributed by atoms with Crippen molar-refractivity contribution < 1.29 is 4.79 Å².